The molecule has 0 saturated heterocycles. The topological polar surface area (TPSA) is 130 Å². The molecule has 0 aromatic heterocycles. The number of nitrogens with zero attached hydrogens (tertiary/aromatic N) is 3. The predicted molar refractivity (Wildman–Crippen MR) is 137 cm³/mol. The summed E-state index contributed by atoms with van der Waals surface area (Å²) < 4.78 is 26.0. The second-order valence-electron chi connectivity index (χ2n) is 8.86. The highest BCUT2D eigenvalue weighted by Gasteiger charge is 2.31. The van der Waals surface area contributed by atoms with Gasteiger partial charge in [0.15, 0.2) is 0 Å². The molecule has 36 heavy (non-hydrogen) atoms. The monoisotopic (exact) mass is 536 g/mol. The predicted octanol–water partition coefficient (Wildman–Crippen LogP) is 3.49. The van der Waals surface area contributed by atoms with Gasteiger partial charge in [0.25, 0.3) is 5.69 Å². The third-order valence-electron chi connectivity index (χ3n) is 6.12. The van der Waals surface area contributed by atoms with E-state index in [2.05, 4.69) is 5.32 Å². The molecule has 1 aliphatic rings. The maximum Gasteiger partial charge on any atom is 0.271 e. The van der Waals surface area contributed by atoms with Crippen molar-refractivity contribution in [3.05, 3.63) is 69.2 Å². The summed E-state index contributed by atoms with van der Waals surface area (Å²) in [4.78, 5) is 38.4. The van der Waals surface area contributed by atoms with Crippen molar-refractivity contribution in [3.63, 3.8) is 0 Å². The summed E-state index contributed by atoms with van der Waals surface area (Å²) in [5.41, 5.74) is 0.331. The minimum Gasteiger partial charge on any atom is -0.352 e. The Bertz CT molecular complexity index is 1230. The van der Waals surface area contributed by atoms with E-state index in [4.69, 9.17) is 11.6 Å². The maximum absolute atomic E-state index is 13.5. The second-order valence-corrected chi connectivity index (χ2v) is 11.2. The number of nitrogens with one attached hydrogen (secondary N) is 1. The van der Waals surface area contributed by atoms with Crippen molar-refractivity contribution in [2.24, 2.45) is 0 Å². The zero-order valence-corrected chi connectivity index (χ0v) is 21.7. The number of hydrogen-bond donors (Lipinski definition) is 1. The molecule has 0 radical (unpaired) electrons. The molecule has 0 heterocycles. The Labute approximate surface area is 215 Å². The van der Waals surface area contributed by atoms with Gasteiger partial charge in [-0.2, -0.15) is 0 Å². The number of non-ortho nitro benzene ring substituents is 1. The van der Waals surface area contributed by atoms with Crippen LogP contribution in [0.3, 0.4) is 0 Å². The summed E-state index contributed by atoms with van der Waals surface area (Å²) in [6.07, 6.45) is 4.70. The highest BCUT2D eigenvalue weighted by atomic mass is 35.5. The fourth-order valence-corrected chi connectivity index (χ4v) is 5.24. The number of nitro benzene ring substituents is 1. The third kappa shape index (κ3) is 7.17. The summed E-state index contributed by atoms with van der Waals surface area (Å²) in [6.45, 7) is 0.970. The number of carbonyl (C=O) groups excluding carboxylic acids is 2. The number of carbonyl (C=O) groups is 2. The highest BCUT2D eigenvalue weighted by Crippen LogP contribution is 2.24. The molecule has 0 bridgehead atoms. The number of benzene rings is 2. The van der Waals surface area contributed by atoms with Crippen LogP contribution in [0.4, 0.5) is 11.4 Å². The van der Waals surface area contributed by atoms with E-state index < -0.39 is 33.4 Å². The number of hydrogen-bond acceptors (Lipinski definition) is 6. The van der Waals surface area contributed by atoms with Crippen LogP contribution in [0.25, 0.3) is 0 Å². The van der Waals surface area contributed by atoms with Crippen LogP contribution in [0.15, 0.2) is 48.5 Å². The van der Waals surface area contributed by atoms with Gasteiger partial charge in [0.05, 0.1) is 16.9 Å². The van der Waals surface area contributed by atoms with E-state index in [9.17, 15) is 28.1 Å². The number of nitro groups is 1. The molecule has 12 heteroatoms. The van der Waals surface area contributed by atoms with Crippen molar-refractivity contribution in [2.75, 3.05) is 17.1 Å². The molecule has 2 aromatic rings. The molecule has 0 aliphatic heterocycles. The average Bonchev–Trinajstić information content (AvgIpc) is 3.32. The molecule has 1 unspecified atom stereocenters. The van der Waals surface area contributed by atoms with Crippen LogP contribution in [0.5, 0.6) is 0 Å². The van der Waals surface area contributed by atoms with Crippen molar-refractivity contribution in [2.45, 2.75) is 51.2 Å². The first kappa shape index (κ1) is 27.4. The molecule has 0 spiro atoms. The Balaban J connectivity index is 1.90. The van der Waals surface area contributed by atoms with Gasteiger partial charge in [-0.1, -0.05) is 42.6 Å². The molecule has 2 aromatic carbocycles. The summed E-state index contributed by atoms with van der Waals surface area (Å²) in [7, 11) is -3.99. The quantitative estimate of drug-likeness (QED) is 0.365. The van der Waals surface area contributed by atoms with Gasteiger partial charge in [-0.25, -0.2) is 8.42 Å². The molecule has 1 fully saturated rings. The van der Waals surface area contributed by atoms with E-state index in [0.717, 1.165) is 42.3 Å². The summed E-state index contributed by atoms with van der Waals surface area (Å²) in [5.74, 6) is -0.973. The third-order valence-corrected chi connectivity index (χ3v) is 7.49. The molecule has 1 N–H and O–H groups in total. The molecule has 2 amide bonds. The molecular weight excluding hydrogens is 508 g/mol. The smallest absolute Gasteiger partial charge is 0.271 e. The van der Waals surface area contributed by atoms with Crippen LogP contribution >= 0.6 is 11.6 Å². The lowest BCUT2D eigenvalue weighted by Gasteiger charge is -2.32. The molecule has 194 valence electrons. The fourth-order valence-electron chi connectivity index (χ4n) is 4.18. The lowest BCUT2D eigenvalue weighted by Crippen LogP contribution is -2.52. The van der Waals surface area contributed by atoms with Gasteiger partial charge in [0.1, 0.15) is 12.6 Å². The van der Waals surface area contributed by atoms with E-state index >= 15 is 0 Å². The fraction of sp³-hybridized carbons (Fsp3) is 0.417. The maximum atomic E-state index is 13.5. The van der Waals surface area contributed by atoms with Gasteiger partial charge < -0.3 is 10.2 Å². The molecule has 1 saturated carbocycles. The van der Waals surface area contributed by atoms with E-state index in [0.29, 0.717) is 10.6 Å². The molecule has 1 atom stereocenters. The Kier molecular flexibility index (Phi) is 8.91. The van der Waals surface area contributed by atoms with Crippen molar-refractivity contribution in [1.29, 1.82) is 0 Å². The Hall–Kier alpha value is -3.18. The molecule has 10 nitrogen and oxygen atoms in total. The van der Waals surface area contributed by atoms with Crippen LogP contribution in [0.2, 0.25) is 5.02 Å². The lowest BCUT2D eigenvalue weighted by molar-refractivity contribution is -0.384. The SMILES string of the molecule is CC(C(=O)NC1CCCC1)N(Cc1cccc(Cl)c1)C(=O)CN(c1cccc([N+](=O)[O-])c1)S(C)(=O)=O. The number of anilines is 1. The average molecular weight is 537 g/mol. The van der Waals surface area contributed by atoms with Crippen LogP contribution in [-0.4, -0.2) is 54.9 Å². The second kappa shape index (κ2) is 11.7. The van der Waals surface area contributed by atoms with E-state index in [1.54, 1.807) is 31.2 Å². The van der Waals surface area contributed by atoms with Crippen LogP contribution in [-0.2, 0) is 26.2 Å². The van der Waals surface area contributed by atoms with Gasteiger partial charge in [0, 0.05) is 29.7 Å². The van der Waals surface area contributed by atoms with Gasteiger partial charge >= 0.3 is 0 Å². The highest BCUT2D eigenvalue weighted by molar-refractivity contribution is 7.92. The molecule has 1 aliphatic carbocycles. The standard InChI is InChI=1S/C24H29ClN4O6S/c1-17(24(31)26-20-9-3-4-10-20)27(15-18-7-5-8-19(25)13-18)23(30)16-28(36(2,34)35)21-11-6-12-22(14-21)29(32)33/h5-8,11-14,17,20H,3-4,9-10,15-16H2,1-2H3,(H,26,31). The Morgan fingerprint density at radius 2 is 1.83 bits per heavy atom. The summed E-state index contributed by atoms with van der Waals surface area (Å²) in [5, 5.41) is 14.6. The van der Waals surface area contributed by atoms with Crippen LogP contribution < -0.4 is 9.62 Å². The van der Waals surface area contributed by atoms with E-state index in [-0.39, 0.29) is 29.9 Å². The van der Waals surface area contributed by atoms with Crippen molar-refractivity contribution in [1.82, 2.24) is 10.2 Å². The summed E-state index contributed by atoms with van der Waals surface area (Å²) in [6, 6.07) is 11.0. The number of halogens is 1. The zero-order chi connectivity index (χ0) is 26.5. The Morgan fingerprint density at radius 1 is 1.17 bits per heavy atom. The van der Waals surface area contributed by atoms with Gasteiger partial charge in [0.2, 0.25) is 21.8 Å². The summed E-state index contributed by atoms with van der Waals surface area (Å²) >= 11 is 6.10. The lowest BCUT2D eigenvalue weighted by atomic mass is 10.1. The minimum absolute atomic E-state index is 0.0190. The minimum atomic E-state index is -3.99. The van der Waals surface area contributed by atoms with Crippen LogP contribution in [0, 0.1) is 10.1 Å². The number of amides is 2. The van der Waals surface area contributed by atoms with E-state index in [1.807, 2.05) is 0 Å². The van der Waals surface area contributed by atoms with E-state index in [1.165, 1.54) is 23.1 Å². The first-order valence-corrected chi connectivity index (χ1v) is 13.7. The van der Waals surface area contributed by atoms with Gasteiger partial charge in [-0.05, 0) is 43.5 Å². The van der Waals surface area contributed by atoms with Crippen molar-refractivity contribution in [3.8, 4) is 0 Å². The Morgan fingerprint density at radius 3 is 2.44 bits per heavy atom. The number of rotatable bonds is 10. The first-order valence-electron chi connectivity index (χ1n) is 11.5. The largest absolute Gasteiger partial charge is 0.352 e. The molecule has 3 rings (SSSR count). The first-order chi connectivity index (χ1) is 17.0. The van der Waals surface area contributed by atoms with Crippen molar-refractivity contribution >= 4 is 44.8 Å². The normalized spacial score (nSPS) is 14.8. The molecular formula is C24H29ClN4O6S. The zero-order valence-electron chi connectivity index (χ0n) is 20.1. The van der Waals surface area contributed by atoms with Gasteiger partial charge in [-0.3, -0.25) is 24.0 Å². The number of sulfonamides is 1. The van der Waals surface area contributed by atoms with Gasteiger partial charge in [-0.15, -0.1) is 0 Å². The van der Waals surface area contributed by atoms with Crippen LogP contribution in [0.1, 0.15) is 38.2 Å². The van der Waals surface area contributed by atoms with Crippen molar-refractivity contribution < 1.29 is 22.9 Å².